The van der Waals surface area contributed by atoms with Crippen molar-refractivity contribution < 1.29 is 46.5 Å². The summed E-state index contributed by atoms with van der Waals surface area (Å²) in [6.07, 6.45) is 2.34. The highest BCUT2D eigenvalue weighted by molar-refractivity contribution is 7.91. The standard InChI is InChI=1S/C32H33N7O11S/c1-2-47-31(43)23(14-15-24(40)48-16-17-49-29-30(39(44)50-38-29)51(45,46)22-6-4-3-5-7-22)35-27(41)20-11-8-19(9-12-20)10-13-21-18-34-26-25(21)28(42)37-32(33)36-26/h3-9,11-12,18,23H,2,10,13-17H2,1H3,(H,35,41)(H4,33,34,36,37,42)/t23-/m0/s1. The molecule has 1 atom stereocenters. The zero-order valence-electron chi connectivity index (χ0n) is 27.1. The van der Waals surface area contributed by atoms with Gasteiger partial charge in [-0.15, -0.1) is 0 Å². The van der Waals surface area contributed by atoms with Gasteiger partial charge in [-0.05, 0) is 66.5 Å². The number of hydrogen-bond acceptors (Lipinski definition) is 14. The molecule has 0 aliphatic rings. The second-order valence-corrected chi connectivity index (χ2v) is 12.8. The molecule has 1 amide bonds. The quantitative estimate of drug-likeness (QED) is 0.0632. The molecule has 18 nitrogen and oxygen atoms in total. The van der Waals surface area contributed by atoms with Gasteiger partial charge in [0, 0.05) is 18.2 Å². The van der Waals surface area contributed by atoms with Crippen LogP contribution >= 0.6 is 0 Å². The van der Waals surface area contributed by atoms with Crippen LogP contribution in [0.25, 0.3) is 11.0 Å². The van der Waals surface area contributed by atoms with E-state index >= 15 is 0 Å². The fourth-order valence-electron chi connectivity index (χ4n) is 5.02. The van der Waals surface area contributed by atoms with Gasteiger partial charge in [0.2, 0.25) is 5.95 Å². The number of nitrogen functional groups attached to an aromatic ring is 1. The normalized spacial score (nSPS) is 11.9. The Morgan fingerprint density at radius 3 is 2.53 bits per heavy atom. The van der Waals surface area contributed by atoms with E-state index in [0.29, 0.717) is 23.9 Å². The first kappa shape index (κ1) is 36.1. The number of nitrogens with two attached hydrogens (primary N) is 1. The molecular formula is C32H33N7O11S. The van der Waals surface area contributed by atoms with Gasteiger partial charge in [-0.25, -0.2) is 13.2 Å². The van der Waals surface area contributed by atoms with Gasteiger partial charge in [0.25, 0.3) is 21.3 Å². The summed E-state index contributed by atoms with van der Waals surface area (Å²) in [4.78, 5) is 59.4. The molecule has 19 heteroatoms. The van der Waals surface area contributed by atoms with Crippen LogP contribution in [0.5, 0.6) is 5.88 Å². The van der Waals surface area contributed by atoms with Crippen molar-refractivity contribution in [1.82, 2.24) is 25.4 Å². The molecule has 0 saturated carbocycles. The number of fused-ring (bicyclic) bond motifs is 1. The molecule has 5 rings (SSSR count). The molecule has 0 unspecified atom stereocenters. The number of H-pyrrole nitrogens is 2. The maximum absolute atomic E-state index is 13.0. The van der Waals surface area contributed by atoms with Crippen molar-refractivity contribution in [2.75, 3.05) is 25.6 Å². The smallest absolute Gasteiger partial charge is 0.415 e. The van der Waals surface area contributed by atoms with Crippen molar-refractivity contribution in [3.63, 3.8) is 0 Å². The lowest BCUT2D eigenvalue weighted by Gasteiger charge is -2.17. The van der Waals surface area contributed by atoms with Gasteiger partial charge < -0.3 is 35.5 Å². The average molecular weight is 724 g/mol. The minimum absolute atomic E-state index is 0.0159. The van der Waals surface area contributed by atoms with E-state index < -0.39 is 44.6 Å². The van der Waals surface area contributed by atoms with Crippen LogP contribution in [-0.4, -0.2) is 72.2 Å². The molecular weight excluding hydrogens is 690 g/mol. The molecule has 51 heavy (non-hydrogen) atoms. The molecule has 3 aromatic heterocycles. The van der Waals surface area contributed by atoms with Gasteiger partial charge >= 0.3 is 22.8 Å². The summed E-state index contributed by atoms with van der Waals surface area (Å²) in [5, 5.41) is 17.5. The maximum Gasteiger partial charge on any atom is 0.415 e. The number of rotatable bonds is 16. The van der Waals surface area contributed by atoms with Crippen LogP contribution in [0.1, 0.15) is 41.3 Å². The van der Waals surface area contributed by atoms with E-state index in [9.17, 15) is 32.8 Å². The molecule has 5 N–H and O–H groups in total. The minimum atomic E-state index is -4.33. The predicted octanol–water partition coefficient (Wildman–Crippen LogP) is 1.14. The number of amides is 1. The van der Waals surface area contributed by atoms with Gasteiger partial charge in [-0.3, -0.25) is 24.0 Å². The molecule has 2 aromatic carbocycles. The molecule has 0 saturated heterocycles. The van der Waals surface area contributed by atoms with Crippen LogP contribution in [0.2, 0.25) is 0 Å². The summed E-state index contributed by atoms with van der Waals surface area (Å²) in [6.45, 7) is 0.902. The lowest BCUT2D eigenvalue weighted by atomic mass is 10.0. The second kappa shape index (κ2) is 16.0. The van der Waals surface area contributed by atoms with E-state index in [1.807, 2.05) is 0 Å². The topological polar surface area (TPSA) is 266 Å². The van der Waals surface area contributed by atoms with Gasteiger partial charge in [-0.2, -0.15) is 4.98 Å². The summed E-state index contributed by atoms with van der Waals surface area (Å²) in [7, 11) is -4.33. The summed E-state index contributed by atoms with van der Waals surface area (Å²) >= 11 is 0. The SMILES string of the molecule is CCOC(=O)[C@H](CCC(=O)OCCOc1no[n+]([O-])c1S(=O)(=O)c1ccccc1)NC(=O)c1ccc(CCc2c[nH]c3nc(N)[nH]c(=O)c23)cc1. The number of carbonyl (C=O) groups excluding carboxylic acids is 3. The first-order valence-corrected chi connectivity index (χ1v) is 17.1. The lowest BCUT2D eigenvalue weighted by Crippen LogP contribution is -2.42. The zero-order chi connectivity index (χ0) is 36.5. The summed E-state index contributed by atoms with van der Waals surface area (Å²) in [5.41, 5.74) is 7.57. The van der Waals surface area contributed by atoms with Crippen LogP contribution < -0.4 is 26.2 Å². The number of sulfone groups is 1. The van der Waals surface area contributed by atoms with Gasteiger partial charge in [0.15, 0.2) is 0 Å². The van der Waals surface area contributed by atoms with Gasteiger partial charge in [-0.1, -0.05) is 30.3 Å². The van der Waals surface area contributed by atoms with E-state index in [2.05, 4.69) is 30.1 Å². The van der Waals surface area contributed by atoms with Crippen LogP contribution in [0, 0.1) is 5.21 Å². The number of esters is 2. The molecule has 0 bridgehead atoms. The third-order valence-electron chi connectivity index (χ3n) is 7.49. The van der Waals surface area contributed by atoms with E-state index in [1.54, 1.807) is 43.5 Å². The van der Waals surface area contributed by atoms with Gasteiger partial charge in [0.05, 0.1) is 22.0 Å². The second-order valence-electron chi connectivity index (χ2n) is 10.9. The first-order valence-electron chi connectivity index (χ1n) is 15.6. The molecule has 0 radical (unpaired) electrons. The highest BCUT2D eigenvalue weighted by atomic mass is 32.2. The third-order valence-corrected chi connectivity index (χ3v) is 9.22. The van der Waals surface area contributed by atoms with Crippen molar-refractivity contribution in [3.8, 4) is 5.88 Å². The van der Waals surface area contributed by atoms with Crippen LogP contribution in [-0.2, 0) is 41.7 Å². The number of benzene rings is 2. The predicted molar refractivity (Wildman–Crippen MR) is 176 cm³/mol. The Balaban J connectivity index is 1.11. The molecule has 0 fully saturated rings. The highest BCUT2D eigenvalue weighted by Gasteiger charge is 2.35. The number of anilines is 1. The fourth-order valence-corrected chi connectivity index (χ4v) is 6.32. The number of aromatic nitrogens is 5. The van der Waals surface area contributed by atoms with Crippen molar-refractivity contribution in [1.29, 1.82) is 0 Å². The molecule has 0 aliphatic carbocycles. The Kier molecular flexibility index (Phi) is 11.3. The van der Waals surface area contributed by atoms with Crippen LogP contribution in [0.3, 0.4) is 0 Å². The number of aromatic amines is 2. The molecule has 3 heterocycles. The van der Waals surface area contributed by atoms with Crippen LogP contribution in [0.15, 0.2) is 80.1 Å². The largest absolute Gasteiger partial charge is 0.464 e. The number of nitrogens with zero attached hydrogens (tertiary/aromatic N) is 3. The van der Waals surface area contributed by atoms with Crippen molar-refractivity contribution >= 4 is 44.7 Å². The van der Waals surface area contributed by atoms with Crippen molar-refractivity contribution in [2.24, 2.45) is 0 Å². The highest BCUT2D eigenvalue weighted by Crippen LogP contribution is 2.25. The third kappa shape index (κ3) is 8.68. The average Bonchev–Trinajstić information content (AvgIpc) is 3.71. The Morgan fingerprint density at radius 1 is 1.06 bits per heavy atom. The number of hydrogen-bond donors (Lipinski definition) is 4. The van der Waals surface area contributed by atoms with Gasteiger partial charge in [0.1, 0.15) is 24.9 Å². The summed E-state index contributed by atoms with van der Waals surface area (Å²) in [5.74, 6) is -2.66. The first-order chi connectivity index (χ1) is 24.5. The van der Waals surface area contributed by atoms with E-state index in [1.165, 1.54) is 24.3 Å². The molecule has 0 aliphatic heterocycles. The van der Waals surface area contributed by atoms with E-state index in [4.69, 9.17) is 19.9 Å². The maximum atomic E-state index is 13.0. The molecule has 268 valence electrons. The number of aryl methyl sites for hydroxylation is 2. The number of nitrogens with one attached hydrogen (secondary N) is 3. The minimum Gasteiger partial charge on any atom is -0.464 e. The van der Waals surface area contributed by atoms with Crippen molar-refractivity contribution in [3.05, 3.63) is 93.0 Å². The summed E-state index contributed by atoms with van der Waals surface area (Å²) in [6, 6.07) is 12.6. The molecule has 0 spiro atoms. The Bertz CT molecular complexity index is 2180. The van der Waals surface area contributed by atoms with Crippen LogP contribution in [0.4, 0.5) is 5.95 Å². The number of carbonyl (C=O) groups is 3. The summed E-state index contributed by atoms with van der Waals surface area (Å²) < 4.78 is 45.6. The van der Waals surface area contributed by atoms with E-state index in [0.717, 1.165) is 11.1 Å². The fraction of sp³-hybridized carbons (Fsp3) is 0.281. The monoisotopic (exact) mass is 723 g/mol. The van der Waals surface area contributed by atoms with E-state index in [-0.39, 0.29) is 59.5 Å². The zero-order valence-corrected chi connectivity index (χ0v) is 27.9. The Labute approximate surface area is 289 Å². The lowest BCUT2D eigenvalue weighted by molar-refractivity contribution is -0.832. The Morgan fingerprint density at radius 2 is 1.80 bits per heavy atom. The Hall–Kier alpha value is -6.24. The molecule has 5 aromatic rings. The number of ether oxygens (including phenoxy) is 3. The van der Waals surface area contributed by atoms with Crippen molar-refractivity contribution in [2.45, 2.75) is 48.6 Å².